The van der Waals surface area contributed by atoms with Gasteiger partial charge in [-0.05, 0) is 55.2 Å². The predicted octanol–water partition coefficient (Wildman–Crippen LogP) is 3.05. The van der Waals surface area contributed by atoms with Gasteiger partial charge in [0.2, 0.25) is 11.8 Å². The van der Waals surface area contributed by atoms with Gasteiger partial charge in [0.15, 0.2) is 0 Å². The second-order valence-corrected chi connectivity index (χ2v) is 7.42. The number of hydrogen-bond acceptors (Lipinski definition) is 2. The molecule has 2 amide bonds. The zero-order valence-corrected chi connectivity index (χ0v) is 14.3. The molecule has 2 fully saturated rings. The molecule has 3 unspecified atom stereocenters. The Hall–Kier alpha value is -1.84. The lowest BCUT2D eigenvalue weighted by atomic mass is 9.67. The fourth-order valence-electron chi connectivity index (χ4n) is 4.47. The molecule has 0 aliphatic heterocycles. The Balaban J connectivity index is 1.46. The molecule has 1 aromatic carbocycles. The van der Waals surface area contributed by atoms with Gasteiger partial charge >= 0.3 is 0 Å². The molecular weight excluding hydrogens is 300 g/mol. The molecule has 4 nitrogen and oxygen atoms in total. The quantitative estimate of drug-likeness (QED) is 0.872. The Labute approximate surface area is 144 Å². The molecule has 0 saturated heterocycles. The maximum absolute atomic E-state index is 12.5. The van der Waals surface area contributed by atoms with Gasteiger partial charge in [0, 0.05) is 18.0 Å². The number of carbonyl (C=O) groups excluding carboxylic acids is 2. The second-order valence-electron chi connectivity index (χ2n) is 7.42. The zero-order chi connectivity index (χ0) is 16.9. The molecule has 1 aromatic rings. The monoisotopic (exact) mass is 328 g/mol. The normalized spacial score (nSPS) is 26.4. The zero-order valence-electron chi connectivity index (χ0n) is 14.3. The van der Waals surface area contributed by atoms with Crippen LogP contribution in [0.3, 0.4) is 0 Å². The first-order chi connectivity index (χ1) is 11.6. The van der Waals surface area contributed by atoms with Crippen molar-refractivity contribution < 1.29 is 9.59 Å². The molecule has 3 rings (SSSR count). The van der Waals surface area contributed by atoms with E-state index < -0.39 is 5.91 Å². The predicted molar refractivity (Wildman–Crippen MR) is 94.5 cm³/mol. The van der Waals surface area contributed by atoms with Crippen LogP contribution in [0.5, 0.6) is 0 Å². The Bertz CT molecular complexity index is 599. The van der Waals surface area contributed by atoms with Crippen molar-refractivity contribution in [3.05, 3.63) is 35.4 Å². The highest BCUT2D eigenvalue weighted by Gasteiger charge is 2.34. The molecule has 0 radical (unpaired) electrons. The first-order valence-electron chi connectivity index (χ1n) is 9.30. The van der Waals surface area contributed by atoms with Crippen LogP contribution >= 0.6 is 0 Å². The van der Waals surface area contributed by atoms with E-state index in [4.69, 9.17) is 5.73 Å². The highest BCUT2D eigenvalue weighted by atomic mass is 16.2. The lowest BCUT2D eigenvalue weighted by Gasteiger charge is -2.38. The van der Waals surface area contributed by atoms with E-state index in [9.17, 15) is 9.59 Å². The molecule has 2 aliphatic rings. The number of rotatable bonds is 5. The van der Waals surface area contributed by atoms with Gasteiger partial charge in [0.25, 0.3) is 0 Å². The third-order valence-corrected chi connectivity index (χ3v) is 5.83. The van der Waals surface area contributed by atoms with Gasteiger partial charge in [-0.2, -0.15) is 0 Å². The summed E-state index contributed by atoms with van der Waals surface area (Å²) < 4.78 is 0. The molecule has 0 spiro atoms. The summed E-state index contributed by atoms with van der Waals surface area (Å²) in [5, 5.41) is 3.09. The average molecular weight is 328 g/mol. The SMILES string of the molecule is NC(=O)c1cccc(CCNC(=O)C2CCC3CCCCC3C2)c1. The minimum absolute atomic E-state index is 0.196. The minimum atomic E-state index is -0.412. The molecule has 24 heavy (non-hydrogen) atoms. The van der Waals surface area contributed by atoms with Crippen molar-refractivity contribution in [2.45, 2.75) is 51.4 Å². The molecule has 3 N–H and O–H groups in total. The first kappa shape index (κ1) is 17.0. The van der Waals surface area contributed by atoms with Crippen molar-refractivity contribution in [3.8, 4) is 0 Å². The van der Waals surface area contributed by atoms with E-state index in [1.165, 1.54) is 32.1 Å². The second kappa shape index (κ2) is 7.82. The number of nitrogens with two attached hydrogens (primary N) is 1. The van der Waals surface area contributed by atoms with Crippen LogP contribution in [-0.4, -0.2) is 18.4 Å². The summed E-state index contributed by atoms with van der Waals surface area (Å²) >= 11 is 0. The number of primary amides is 1. The van der Waals surface area contributed by atoms with Gasteiger partial charge in [-0.25, -0.2) is 0 Å². The topological polar surface area (TPSA) is 72.2 Å². The maximum atomic E-state index is 12.5. The van der Waals surface area contributed by atoms with Crippen LogP contribution in [0.25, 0.3) is 0 Å². The molecule has 0 aromatic heterocycles. The van der Waals surface area contributed by atoms with E-state index in [1.807, 2.05) is 18.2 Å². The standard InChI is InChI=1S/C20H28N2O2/c21-19(23)17-7-3-4-14(12-17)10-11-22-20(24)18-9-8-15-5-1-2-6-16(15)13-18/h3-4,7,12,15-16,18H,1-2,5-6,8-11,13H2,(H2,21,23)(H,22,24). The number of fused-ring (bicyclic) bond motifs is 1. The third-order valence-electron chi connectivity index (χ3n) is 5.83. The van der Waals surface area contributed by atoms with Crippen LogP contribution in [0.15, 0.2) is 24.3 Å². The van der Waals surface area contributed by atoms with E-state index in [0.717, 1.165) is 36.7 Å². The molecule has 0 heterocycles. The molecule has 130 valence electrons. The number of carbonyl (C=O) groups is 2. The summed E-state index contributed by atoms with van der Waals surface area (Å²) in [6.07, 6.45) is 9.48. The van der Waals surface area contributed by atoms with Crippen molar-refractivity contribution in [1.29, 1.82) is 0 Å². The van der Waals surface area contributed by atoms with Crippen LogP contribution in [0.1, 0.15) is 60.9 Å². The Morgan fingerprint density at radius 1 is 1.08 bits per heavy atom. The van der Waals surface area contributed by atoms with E-state index in [0.29, 0.717) is 12.1 Å². The van der Waals surface area contributed by atoms with Crippen LogP contribution in [0, 0.1) is 17.8 Å². The number of amides is 2. The van der Waals surface area contributed by atoms with Crippen LogP contribution in [-0.2, 0) is 11.2 Å². The van der Waals surface area contributed by atoms with E-state index in [-0.39, 0.29) is 11.8 Å². The third kappa shape index (κ3) is 4.16. The molecule has 0 bridgehead atoms. The summed E-state index contributed by atoms with van der Waals surface area (Å²) in [6.45, 7) is 0.617. The lowest BCUT2D eigenvalue weighted by molar-refractivity contribution is -0.127. The number of benzene rings is 1. The average Bonchev–Trinajstić information content (AvgIpc) is 2.61. The molecule has 4 heteroatoms. The Morgan fingerprint density at radius 2 is 1.88 bits per heavy atom. The minimum Gasteiger partial charge on any atom is -0.366 e. The fraction of sp³-hybridized carbons (Fsp3) is 0.600. The molecular formula is C20H28N2O2. The van der Waals surface area contributed by atoms with Crippen LogP contribution in [0.2, 0.25) is 0 Å². The van der Waals surface area contributed by atoms with Gasteiger partial charge in [-0.15, -0.1) is 0 Å². The van der Waals surface area contributed by atoms with E-state index in [1.54, 1.807) is 6.07 Å². The Morgan fingerprint density at radius 3 is 2.67 bits per heavy atom. The van der Waals surface area contributed by atoms with Crippen molar-refractivity contribution in [2.24, 2.45) is 23.5 Å². The highest BCUT2D eigenvalue weighted by Crippen LogP contribution is 2.42. The van der Waals surface area contributed by atoms with Crippen molar-refractivity contribution in [3.63, 3.8) is 0 Å². The summed E-state index contributed by atoms with van der Waals surface area (Å²) in [7, 11) is 0. The highest BCUT2D eigenvalue weighted by molar-refractivity contribution is 5.92. The van der Waals surface area contributed by atoms with Crippen LogP contribution < -0.4 is 11.1 Å². The lowest BCUT2D eigenvalue weighted by Crippen LogP contribution is -2.38. The summed E-state index contributed by atoms with van der Waals surface area (Å²) in [5.74, 6) is 1.64. The van der Waals surface area contributed by atoms with Gasteiger partial charge in [-0.3, -0.25) is 9.59 Å². The van der Waals surface area contributed by atoms with Crippen molar-refractivity contribution in [2.75, 3.05) is 6.54 Å². The van der Waals surface area contributed by atoms with Crippen molar-refractivity contribution in [1.82, 2.24) is 5.32 Å². The number of hydrogen-bond donors (Lipinski definition) is 2. The van der Waals surface area contributed by atoms with Gasteiger partial charge in [0.1, 0.15) is 0 Å². The Kier molecular flexibility index (Phi) is 5.54. The smallest absolute Gasteiger partial charge is 0.248 e. The van der Waals surface area contributed by atoms with Gasteiger partial charge < -0.3 is 11.1 Å². The van der Waals surface area contributed by atoms with Crippen molar-refractivity contribution >= 4 is 11.8 Å². The van der Waals surface area contributed by atoms with E-state index >= 15 is 0 Å². The summed E-state index contributed by atoms with van der Waals surface area (Å²) in [6, 6.07) is 7.32. The molecule has 3 atom stereocenters. The molecule has 2 aliphatic carbocycles. The van der Waals surface area contributed by atoms with Gasteiger partial charge in [-0.1, -0.05) is 37.8 Å². The van der Waals surface area contributed by atoms with Gasteiger partial charge in [0.05, 0.1) is 0 Å². The largest absolute Gasteiger partial charge is 0.366 e. The number of nitrogens with one attached hydrogen (secondary N) is 1. The maximum Gasteiger partial charge on any atom is 0.248 e. The first-order valence-corrected chi connectivity index (χ1v) is 9.30. The fourth-order valence-corrected chi connectivity index (χ4v) is 4.47. The van der Waals surface area contributed by atoms with Crippen LogP contribution in [0.4, 0.5) is 0 Å². The van der Waals surface area contributed by atoms with E-state index in [2.05, 4.69) is 5.32 Å². The summed E-state index contributed by atoms with van der Waals surface area (Å²) in [5.41, 5.74) is 6.85. The summed E-state index contributed by atoms with van der Waals surface area (Å²) in [4.78, 5) is 23.7. The molecule has 2 saturated carbocycles.